The van der Waals surface area contributed by atoms with Crippen LogP contribution in [0.15, 0.2) is 42.5 Å². The zero-order valence-corrected chi connectivity index (χ0v) is 17.8. The summed E-state index contributed by atoms with van der Waals surface area (Å²) in [6, 6.07) is 12.7. The van der Waals surface area contributed by atoms with E-state index in [0.29, 0.717) is 48.1 Å². The molecule has 29 heavy (non-hydrogen) atoms. The van der Waals surface area contributed by atoms with E-state index < -0.39 is 0 Å². The van der Waals surface area contributed by atoms with E-state index in [2.05, 4.69) is 5.32 Å². The van der Waals surface area contributed by atoms with Gasteiger partial charge in [0.15, 0.2) is 0 Å². The van der Waals surface area contributed by atoms with Gasteiger partial charge in [-0.3, -0.25) is 9.59 Å². The summed E-state index contributed by atoms with van der Waals surface area (Å²) in [5.74, 6) is 0.676. The molecule has 1 N–H and O–H groups in total. The standard InChI is InChI=1S/C22H24Cl2N2O3/c1-29-18-5-2-15(3-6-18)8-11-25-21(27)16-9-12-26(13-10-16)22(28)19-7-4-17(23)14-20(19)24/h2-7,14,16H,8-13H2,1H3,(H,25,27). The van der Waals surface area contributed by atoms with Crippen molar-refractivity contribution in [3.05, 3.63) is 63.6 Å². The van der Waals surface area contributed by atoms with E-state index in [1.54, 1.807) is 30.2 Å². The Morgan fingerprint density at radius 3 is 2.41 bits per heavy atom. The van der Waals surface area contributed by atoms with E-state index >= 15 is 0 Å². The molecular weight excluding hydrogens is 411 g/mol. The molecule has 1 aliphatic rings. The van der Waals surface area contributed by atoms with E-state index in [0.717, 1.165) is 17.7 Å². The first-order valence-corrected chi connectivity index (χ1v) is 10.4. The maximum absolute atomic E-state index is 12.7. The molecule has 0 aromatic heterocycles. The predicted molar refractivity (Wildman–Crippen MR) is 115 cm³/mol. The first-order valence-electron chi connectivity index (χ1n) is 9.63. The highest BCUT2D eigenvalue weighted by Crippen LogP contribution is 2.25. The number of benzene rings is 2. The fourth-order valence-electron chi connectivity index (χ4n) is 3.44. The van der Waals surface area contributed by atoms with Gasteiger partial charge in [-0.05, 0) is 55.2 Å². The van der Waals surface area contributed by atoms with Crippen LogP contribution < -0.4 is 10.1 Å². The molecule has 0 spiro atoms. The molecule has 1 saturated heterocycles. The lowest BCUT2D eigenvalue weighted by molar-refractivity contribution is -0.126. The SMILES string of the molecule is COc1ccc(CCNC(=O)C2CCN(C(=O)c3ccc(Cl)cc3Cl)CC2)cc1. The van der Waals surface area contributed by atoms with Crippen molar-refractivity contribution >= 4 is 35.0 Å². The molecule has 1 fully saturated rings. The Kier molecular flexibility index (Phi) is 7.40. The van der Waals surface area contributed by atoms with Gasteiger partial charge in [-0.2, -0.15) is 0 Å². The third-order valence-electron chi connectivity index (χ3n) is 5.19. The molecule has 2 amide bonds. The van der Waals surface area contributed by atoms with Gasteiger partial charge < -0.3 is 15.0 Å². The van der Waals surface area contributed by atoms with Crippen LogP contribution in [0.4, 0.5) is 0 Å². The van der Waals surface area contributed by atoms with E-state index in [9.17, 15) is 9.59 Å². The quantitative estimate of drug-likeness (QED) is 0.740. The number of halogens is 2. The van der Waals surface area contributed by atoms with Crippen molar-refractivity contribution in [3.8, 4) is 5.75 Å². The number of methoxy groups -OCH3 is 1. The summed E-state index contributed by atoms with van der Waals surface area (Å²) in [6.07, 6.45) is 2.05. The van der Waals surface area contributed by atoms with Gasteiger partial charge in [0.2, 0.25) is 5.91 Å². The lowest BCUT2D eigenvalue weighted by Gasteiger charge is -2.31. The molecule has 3 rings (SSSR count). The van der Waals surface area contributed by atoms with Crippen LogP contribution >= 0.6 is 23.2 Å². The van der Waals surface area contributed by atoms with Gasteiger partial charge in [-0.15, -0.1) is 0 Å². The second-order valence-corrected chi connectivity index (χ2v) is 7.92. The number of likely N-dealkylation sites (tertiary alicyclic amines) is 1. The highest BCUT2D eigenvalue weighted by molar-refractivity contribution is 6.36. The largest absolute Gasteiger partial charge is 0.497 e. The Morgan fingerprint density at radius 1 is 1.10 bits per heavy atom. The molecule has 0 aliphatic carbocycles. The van der Waals surface area contributed by atoms with Crippen LogP contribution in [-0.2, 0) is 11.2 Å². The minimum absolute atomic E-state index is 0.0511. The van der Waals surface area contributed by atoms with Crippen molar-refractivity contribution in [1.82, 2.24) is 10.2 Å². The normalized spacial score (nSPS) is 14.5. The fourth-order valence-corrected chi connectivity index (χ4v) is 3.93. The summed E-state index contributed by atoms with van der Waals surface area (Å²) in [6.45, 7) is 1.66. The number of rotatable bonds is 6. The Hall–Kier alpha value is -2.24. The predicted octanol–water partition coefficient (Wildman–Crippen LogP) is 4.21. The summed E-state index contributed by atoms with van der Waals surface area (Å²) in [4.78, 5) is 26.9. The Labute approximate surface area is 180 Å². The smallest absolute Gasteiger partial charge is 0.255 e. The average molecular weight is 435 g/mol. The molecule has 0 unspecified atom stereocenters. The minimum Gasteiger partial charge on any atom is -0.497 e. The maximum Gasteiger partial charge on any atom is 0.255 e. The summed E-state index contributed by atoms with van der Waals surface area (Å²) in [5.41, 5.74) is 1.59. The van der Waals surface area contributed by atoms with Crippen LogP contribution in [0.1, 0.15) is 28.8 Å². The first kappa shape index (κ1) is 21.5. The first-order chi connectivity index (χ1) is 14.0. The van der Waals surface area contributed by atoms with Crippen molar-refractivity contribution in [1.29, 1.82) is 0 Å². The van der Waals surface area contributed by atoms with E-state index in [1.165, 1.54) is 0 Å². The minimum atomic E-state index is -0.120. The summed E-state index contributed by atoms with van der Waals surface area (Å²) in [7, 11) is 1.64. The Balaban J connectivity index is 1.44. The van der Waals surface area contributed by atoms with Crippen LogP contribution in [0.25, 0.3) is 0 Å². The highest BCUT2D eigenvalue weighted by atomic mass is 35.5. The second kappa shape index (κ2) is 9.99. The number of carbonyl (C=O) groups excluding carboxylic acids is 2. The maximum atomic E-state index is 12.7. The van der Waals surface area contributed by atoms with Crippen LogP contribution in [0, 0.1) is 5.92 Å². The van der Waals surface area contributed by atoms with Crippen LogP contribution in [0.5, 0.6) is 5.75 Å². The molecule has 5 nitrogen and oxygen atoms in total. The van der Waals surface area contributed by atoms with Gasteiger partial charge in [0, 0.05) is 30.6 Å². The molecule has 0 radical (unpaired) electrons. The average Bonchev–Trinajstić information content (AvgIpc) is 2.74. The zero-order valence-electron chi connectivity index (χ0n) is 16.3. The number of piperidine rings is 1. The van der Waals surface area contributed by atoms with Gasteiger partial charge in [0.1, 0.15) is 5.75 Å². The molecule has 7 heteroatoms. The van der Waals surface area contributed by atoms with Crippen molar-refractivity contribution in [2.24, 2.45) is 5.92 Å². The highest BCUT2D eigenvalue weighted by Gasteiger charge is 2.28. The number of carbonyl (C=O) groups is 2. The zero-order chi connectivity index (χ0) is 20.8. The molecule has 154 valence electrons. The Bertz CT molecular complexity index is 863. The lowest BCUT2D eigenvalue weighted by atomic mass is 9.95. The molecule has 0 atom stereocenters. The van der Waals surface area contributed by atoms with E-state index in [4.69, 9.17) is 27.9 Å². The molecule has 0 bridgehead atoms. The fraction of sp³-hybridized carbons (Fsp3) is 0.364. The monoisotopic (exact) mass is 434 g/mol. The third kappa shape index (κ3) is 5.64. The van der Waals surface area contributed by atoms with Gasteiger partial charge in [-0.1, -0.05) is 35.3 Å². The van der Waals surface area contributed by atoms with Gasteiger partial charge in [-0.25, -0.2) is 0 Å². The van der Waals surface area contributed by atoms with Gasteiger partial charge in [0.25, 0.3) is 5.91 Å². The Morgan fingerprint density at radius 2 is 1.79 bits per heavy atom. The van der Waals surface area contributed by atoms with Crippen molar-refractivity contribution < 1.29 is 14.3 Å². The third-order valence-corrected chi connectivity index (χ3v) is 5.73. The molecule has 0 saturated carbocycles. The summed E-state index contributed by atoms with van der Waals surface area (Å²) in [5, 5.41) is 3.86. The molecular formula is C22H24Cl2N2O3. The number of hydrogen-bond acceptors (Lipinski definition) is 3. The van der Waals surface area contributed by atoms with Crippen LogP contribution in [0.3, 0.4) is 0 Å². The molecule has 1 aliphatic heterocycles. The van der Waals surface area contributed by atoms with E-state index in [-0.39, 0.29) is 17.7 Å². The van der Waals surface area contributed by atoms with Crippen LogP contribution in [0.2, 0.25) is 10.0 Å². The topological polar surface area (TPSA) is 58.6 Å². The molecule has 2 aromatic rings. The van der Waals surface area contributed by atoms with Crippen molar-refractivity contribution in [3.63, 3.8) is 0 Å². The number of nitrogens with one attached hydrogen (secondary N) is 1. The van der Waals surface area contributed by atoms with E-state index in [1.807, 2.05) is 24.3 Å². The number of amides is 2. The van der Waals surface area contributed by atoms with Crippen LogP contribution in [-0.4, -0.2) is 43.5 Å². The lowest BCUT2D eigenvalue weighted by Crippen LogP contribution is -2.43. The summed E-state index contributed by atoms with van der Waals surface area (Å²) >= 11 is 12.0. The second-order valence-electron chi connectivity index (χ2n) is 7.08. The summed E-state index contributed by atoms with van der Waals surface area (Å²) < 4.78 is 5.15. The molecule has 2 aromatic carbocycles. The van der Waals surface area contributed by atoms with Crippen molar-refractivity contribution in [2.75, 3.05) is 26.7 Å². The number of nitrogens with zero attached hydrogens (tertiary/aromatic N) is 1. The van der Waals surface area contributed by atoms with Gasteiger partial charge >= 0.3 is 0 Å². The van der Waals surface area contributed by atoms with Crippen molar-refractivity contribution in [2.45, 2.75) is 19.3 Å². The molecule has 1 heterocycles. The number of ether oxygens (including phenoxy) is 1. The van der Waals surface area contributed by atoms with Gasteiger partial charge in [0.05, 0.1) is 17.7 Å². The number of hydrogen-bond donors (Lipinski definition) is 1.